The van der Waals surface area contributed by atoms with Gasteiger partial charge in [0.2, 0.25) is 0 Å². The highest BCUT2D eigenvalue weighted by atomic mass is 16.4. The van der Waals surface area contributed by atoms with Gasteiger partial charge in [-0.3, -0.25) is 0 Å². The number of likely N-dealkylation sites (tertiary alicyclic amines) is 1. The van der Waals surface area contributed by atoms with E-state index in [4.69, 9.17) is 15.8 Å². The van der Waals surface area contributed by atoms with Gasteiger partial charge >= 0.3 is 7.12 Å². The Balaban J connectivity index is 2.15. The van der Waals surface area contributed by atoms with E-state index in [9.17, 15) is 0 Å². The van der Waals surface area contributed by atoms with Crippen LogP contribution in [0.25, 0.3) is 0 Å². The summed E-state index contributed by atoms with van der Waals surface area (Å²) in [6.45, 7) is 8.17. The highest BCUT2D eigenvalue weighted by molar-refractivity contribution is 6.40. The van der Waals surface area contributed by atoms with Crippen molar-refractivity contribution in [2.45, 2.75) is 51.4 Å². The van der Waals surface area contributed by atoms with Crippen molar-refractivity contribution in [1.82, 2.24) is 4.90 Å². The van der Waals surface area contributed by atoms with Gasteiger partial charge in [0.25, 0.3) is 0 Å². The van der Waals surface area contributed by atoms with Gasteiger partial charge in [-0.2, -0.15) is 0 Å². The molecular weight excluding hydrogens is 227 g/mol. The van der Waals surface area contributed by atoms with Crippen molar-refractivity contribution in [2.24, 2.45) is 11.7 Å². The average molecular weight is 254 g/mol. The van der Waals surface area contributed by atoms with E-state index in [-0.39, 0.29) is 6.04 Å². The molecule has 0 aromatic heterocycles. The highest BCUT2D eigenvalue weighted by Gasteiger charge is 2.23. The second-order valence-electron chi connectivity index (χ2n) is 5.49. The first-order valence-electron chi connectivity index (χ1n) is 7.03. The smallest absolute Gasteiger partial charge is 0.427 e. The van der Waals surface area contributed by atoms with Crippen molar-refractivity contribution in [3.05, 3.63) is 12.3 Å². The molecule has 1 aliphatic heterocycles. The maximum atomic E-state index is 8.76. The molecule has 0 bridgehead atoms. The first-order chi connectivity index (χ1) is 8.50. The van der Waals surface area contributed by atoms with Crippen LogP contribution in [-0.4, -0.2) is 41.2 Å². The van der Waals surface area contributed by atoms with Gasteiger partial charge in [0, 0.05) is 24.8 Å². The van der Waals surface area contributed by atoms with Gasteiger partial charge < -0.3 is 20.7 Å². The lowest BCUT2D eigenvalue weighted by atomic mass is 9.82. The van der Waals surface area contributed by atoms with Crippen LogP contribution in [0.4, 0.5) is 0 Å². The van der Waals surface area contributed by atoms with Gasteiger partial charge in [0.1, 0.15) is 0 Å². The first kappa shape index (κ1) is 15.5. The van der Waals surface area contributed by atoms with E-state index in [2.05, 4.69) is 18.4 Å². The SMILES string of the molecule is C=C(C)N1CCC(C(N)CCCCB(O)O)CC1. The number of hydrogen-bond donors (Lipinski definition) is 3. The third-order valence-electron chi connectivity index (χ3n) is 3.93. The Morgan fingerprint density at radius 3 is 2.50 bits per heavy atom. The fourth-order valence-corrected chi connectivity index (χ4v) is 2.65. The van der Waals surface area contributed by atoms with Gasteiger partial charge in [-0.05, 0) is 38.4 Å². The summed E-state index contributed by atoms with van der Waals surface area (Å²) < 4.78 is 0. The molecule has 1 heterocycles. The van der Waals surface area contributed by atoms with Crippen molar-refractivity contribution in [3.8, 4) is 0 Å². The summed E-state index contributed by atoms with van der Waals surface area (Å²) in [6, 6.07) is 0.258. The average Bonchev–Trinajstić information content (AvgIpc) is 2.34. The predicted molar refractivity (Wildman–Crippen MR) is 75.9 cm³/mol. The second kappa shape index (κ2) is 7.82. The number of nitrogens with two attached hydrogens (primary N) is 1. The summed E-state index contributed by atoms with van der Waals surface area (Å²) >= 11 is 0. The molecule has 1 unspecified atom stereocenters. The van der Waals surface area contributed by atoms with Crippen LogP contribution in [0.5, 0.6) is 0 Å². The van der Waals surface area contributed by atoms with Crippen molar-refractivity contribution in [1.29, 1.82) is 0 Å². The molecule has 0 amide bonds. The van der Waals surface area contributed by atoms with Crippen molar-refractivity contribution >= 4 is 7.12 Å². The summed E-state index contributed by atoms with van der Waals surface area (Å²) in [5.41, 5.74) is 7.37. The molecule has 4 nitrogen and oxygen atoms in total. The molecule has 1 rings (SSSR count). The fourth-order valence-electron chi connectivity index (χ4n) is 2.65. The lowest BCUT2D eigenvalue weighted by molar-refractivity contribution is 0.200. The Bertz CT molecular complexity index is 253. The molecule has 0 aliphatic carbocycles. The largest absolute Gasteiger partial charge is 0.451 e. The van der Waals surface area contributed by atoms with E-state index in [1.807, 2.05) is 0 Å². The number of nitrogens with zero attached hydrogens (tertiary/aromatic N) is 1. The summed E-state index contributed by atoms with van der Waals surface area (Å²) in [5.74, 6) is 0.611. The van der Waals surface area contributed by atoms with Crippen LogP contribution in [0.1, 0.15) is 39.0 Å². The van der Waals surface area contributed by atoms with E-state index >= 15 is 0 Å². The third kappa shape index (κ3) is 5.42. The topological polar surface area (TPSA) is 69.7 Å². The summed E-state index contributed by atoms with van der Waals surface area (Å²) in [7, 11) is -1.17. The van der Waals surface area contributed by atoms with E-state index in [1.165, 1.54) is 0 Å². The minimum Gasteiger partial charge on any atom is -0.427 e. The first-order valence-corrected chi connectivity index (χ1v) is 7.03. The Morgan fingerprint density at radius 2 is 2.00 bits per heavy atom. The zero-order chi connectivity index (χ0) is 13.5. The van der Waals surface area contributed by atoms with Crippen LogP contribution >= 0.6 is 0 Å². The lowest BCUT2D eigenvalue weighted by Crippen LogP contribution is -2.40. The Morgan fingerprint density at radius 1 is 1.39 bits per heavy atom. The molecule has 0 aromatic carbocycles. The van der Waals surface area contributed by atoms with Crippen LogP contribution in [0, 0.1) is 5.92 Å². The molecule has 104 valence electrons. The molecule has 0 spiro atoms. The van der Waals surface area contributed by atoms with E-state index in [0.717, 1.165) is 50.9 Å². The lowest BCUT2D eigenvalue weighted by Gasteiger charge is -2.36. The minimum absolute atomic E-state index is 0.258. The number of allylic oxidation sites excluding steroid dienone is 1. The predicted octanol–water partition coefficient (Wildman–Crippen LogP) is 1.20. The Labute approximate surface area is 111 Å². The van der Waals surface area contributed by atoms with Crippen LogP contribution in [0.2, 0.25) is 6.32 Å². The highest BCUT2D eigenvalue weighted by Crippen LogP contribution is 2.24. The number of unbranched alkanes of at least 4 members (excludes halogenated alkanes) is 1. The quantitative estimate of drug-likeness (QED) is 0.471. The summed E-state index contributed by atoms with van der Waals surface area (Å²) in [6.07, 6.45) is 5.58. The van der Waals surface area contributed by atoms with Gasteiger partial charge in [-0.25, -0.2) is 0 Å². The third-order valence-corrected chi connectivity index (χ3v) is 3.93. The van der Waals surface area contributed by atoms with Crippen LogP contribution in [0.15, 0.2) is 12.3 Å². The zero-order valence-corrected chi connectivity index (χ0v) is 11.5. The Hall–Kier alpha value is -0.515. The molecule has 1 atom stereocenters. The summed E-state index contributed by atoms with van der Waals surface area (Å²) in [5, 5.41) is 17.5. The maximum absolute atomic E-state index is 8.76. The molecule has 1 fully saturated rings. The molecule has 18 heavy (non-hydrogen) atoms. The standard InChI is InChI=1S/C13H27BN2O2/c1-11(2)16-9-6-12(7-10-16)13(15)5-3-4-8-14(17)18/h12-13,17-18H,1,3-10,15H2,2H3. The zero-order valence-electron chi connectivity index (χ0n) is 11.5. The van der Waals surface area contributed by atoms with Gasteiger partial charge in [-0.15, -0.1) is 0 Å². The molecule has 0 saturated carbocycles. The van der Waals surface area contributed by atoms with E-state index in [0.29, 0.717) is 12.2 Å². The minimum atomic E-state index is -1.17. The van der Waals surface area contributed by atoms with Crippen LogP contribution < -0.4 is 5.73 Å². The molecule has 0 aromatic rings. The normalized spacial score (nSPS) is 18.8. The second-order valence-corrected chi connectivity index (χ2v) is 5.49. The number of rotatable bonds is 7. The van der Waals surface area contributed by atoms with Crippen molar-refractivity contribution < 1.29 is 10.0 Å². The van der Waals surface area contributed by atoms with Gasteiger partial charge in [0.05, 0.1) is 0 Å². The molecule has 0 radical (unpaired) electrons. The monoisotopic (exact) mass is 254 g/mol. The molecular formula is C13H27BN2O2. The van der Waals surface area contributed by atoms with Gasteiger partial charge in [-0.1, -0.05) is 19.4 Å². The van der Waals surface area contributed by atoms with Gasteiger partial charge in [0.15, 0.2) is 0 Å². The van der Waals surface area contributed by atoms with Crippen LogP contribution in [0.3, 0.4) is 0 Å². The number of hydrogen-bond acceptors (Lipinski definition) is 4. The van der Waals surface area contributed by atoms with Crippen molar-refractivity contribution in [3.63, 3.8) is 0 Å². The summed E-state index contributed by atoms with van der Waals surface area (Å²) in [4.78, 5) is 2.32. The molecule has 1 saturated heterocycles. The fraction of sp³-hybridized carbons (Fsp3) is 0.846. The number of piperidine rings is 1. The molecule has 4 N–H and O–H groups in total. The van der Waals surface area contributed by atoms with E-state index in [1.54, 1.807) is 0 Å². The van der Waals surface area contributed by atoms with Crippen LogP contribution in [-0.2, 0) is 0 Å². The molecule has 1 aliphatic rings. The maximum Gasteiger partial charge on any atom is 0.451 e. The van der Waals surface area contributed by atoms with E-state index < -0.39 is 7.12 Å². The molecule has 5 heteroatoms. The Kier molecular flexibility index (Phi) is 6.75. The van der Waals surface area contributed by atoms with Crippen molar-refractivity contribution in [2.75, 3.05) is 13.1 Å².